The van der Waals surface area contributed by atoms with Gasteiger partial charge in [-0.15, -0.1) is 0 Å². The van der Waals surface area contributed by atoms with Gasteiger partial charge in [0.15, 0.2) is 0 Å². The molecule has 2 rings (SSSR count). The average molecular weight is 204 g/mol. The lowest BCUT2D eigenvalue weighted by Gasteiger charge is -2.25. The van der Waals surface area contributed by atoms with Gasteiger partial charge in [-0.1, -0.05) is 6.07 Å². The Hall–Kier alpha value is -0.890. The second-order valence-corrected chi connectivity index (χ2v) is 4.81. The van der Waals surface area contributed by atoms with Gasteiger partial charge >= 0.3 is 0 Å². The first-order valence-electron chi connectivity index (χ1n) is 5.91. The van der Waals surface area contributed by atoms with Crippen LogP contribution in [0.5, 0.6) is 0 Å². The first-order chi connectivity index (χ1) is 7.24. The van der Waals surface area contributed by atoms with Crippen LogP contribution in [0.25, 0.3) is 0 Å². The highest BCUT2D eigenvalue weighted by Gasteiger charge is 2.18. The summed E-state index contributed by atoms with van der Waals surface area (Å²) in [5.74, 6) is 0.806. The summed E-state index contributed by atoms with van der Waals surface area (Å²) in [6.07, 6.45) is 8.03. The molecule has 0 aliphatic heterocycles. The maximum absolute atomic E-state index is 5.89. The van der Waals surface area contributed by atoms with Gasteiger partial charge < -0.3 is 5.73 Å². The van der Waals surface area contributed by atoms with Gasteiger partial charge in [-0.05, 0) is 56.6 Å². The maximum atomic E-state index is 5.89. The third-order valence-corrected chi connectivity index (χ3v) is 3.36. The summed E-state index contributed by atoms with van der Waals surface area (Å²) >= 11 is 0. The standard InChI is InChI=1S/C13H20N2/c1-10-2-7-13(15-9-10)8-11-3-5-12(14)6-4-11/h2,7,9,11-12H,3-6,8,14H2,1H3. The van der Waals surface area contributed by atoms with E-state index in [2.05, 4.69) is 24.0 Å². The Labute approximate surface area is 91.9 Å². The molecule has 0 bridgehead atoms. The number of pyridine rings is 1. The Morgan fingerprint density at radius 2 is 2.00 bits per heavy atom. The monoisotopic (exact) mass is 204 g/mol. The van der Waals surface area contributed by atoms with Crippen molar-refractivity contribution in [2.45, 2.75) is 45.1 Å². The number of hydrogen-bond donors (Lipinski definition) is 1. The fourth-order valence-electron chi connectivity index (χ4n) is 2.31. The Kier molecular flexibility index (Phi) is 3.37. The number of aromatic nitrogens is 1. The molecule has 0 atom stereocenters. The van der Waals surface area contributed by atoms with Gasteiger partial charge in [0.1, 0.15) is 0 Å². The molecule has 0 saturated heterocycles. The summed E-state index contributed by atoms with van der Waals surface area (Å²) in [5.41, 5.74) is 8.37. The second kappa shape index (κ2) is 4.75. The van der Waals surface area contributed by atoms with Gasteiger partial charge in [0, 0.05) is 17.9 Å². The molecule has 0 spiro atoms. The van der Waals surface area contributed by atoms with E-state index in [-0.39, 0.29) is 0 Å². The molecular weight excluding hydrogens is 184 g/mol. The van der Waals surface area contributed by atoms with Crippen LogP contribution in [-0.4, -0.2) is 11.0 Å². The van der Waals surface area contributed by atoms with Gasteiger partial charge in [0.05, 0.1) is 0 Å². The van der Waals surface area contributed by atoms with E-state index < -0.39 is 0 Å². The second-order valence-electron chi connectivity index (χ2n) is 4.81. The number of nitrogens with two attached hydrogens (primary N) is 1. The van der Waals surface area contributed by atoms with Crippen LogP contribution in [0, 0.1) is 12.8 Å². The lowest BCUT2D eigenvalue weighted by Crippen LogP contribution is -2.27. The van der Waals surface area contributed by atoms with Crippen LogP contribution in [0.3, 0.4) is 0 Å². The summed E-state index contributed by atoms with van der Waals surface area (Å²) in [4.78, 5) is 4.46. The highest BCUT2D eigenvalue weighted by Crippen LogP contribution is 2.25. The van der Waals surface area contributed by atoms with E-state index in [1.807, 2.05) is 6.20 Å². The molecule has 0 aromatic carbocycles. The van der Waals surface area contributed by atoms with Gasteiger partial charge in [-0.3, -0.25) is 4.98 Å². The van der Waals surface area contributed by atoms with E-state index in [4.69, 9.17) is 5.73 Å². The van der Waals surface area contributed by atoms with Crippen molar-refractivity contribution in [2.24, 2.45) is 11.7 Å². The maximum Gasteiger partial charge on any atom is 0.0406 e. The summed E-state index contributed by atoms with van der Waals surface area (Å²) in [5, 5.41) is 0. The van der Waals surface area contributed by atoms with Crippen molar-refractivity contribution in [3.8, 4) is 0 Å². The van der Waals surface area contributed by atoms with E-state index in [0.717, 1.165) is 12.3 Å². The predicted molar refractivity (Wildman–Crippen MR) is 62.6 cm³/mol. The first kappa shape index (κ1) is 10.6. The fourth-order valence-corrected chi connectivity index (χ4v) is 2.31. The van der Waals surface area contributed by atoms with Gasteiger partial charge in [0.2, 0.25) is 0 Å². The Bertz CT molecular complexity index is 297. The van der Waals surface area contributed by atoms with Crippen LogP contribution >= 0.6 is 0 Å². The SMILES string of the molecule is Cc1ccc(CC2CCC(N)CC2)nc1. The Morgan fingerprint density at radius 3 is 2.60 bits per heavy atom. The van der Waals surface area contributed by atoms with Crippen molar-refractivity contribution in [3.05, 3.63) is 29.6 Å². The molecule has 1 aliphatic rings. The van der Waals surface area contributed by atoms with Crippen molar-refractivity contribution in [1.82, 2.24) is 4.98 Å². The largest absolute Gasteiger partial charge is 0.328 e. The molecule has 15 heavy (non-hydrogen) atoms. The Balaban J connectivity index is 1.89. The predicted octanol–water partition coefficient (Wildman–Crippen LogP) is 2.45. The van der Waals surface area contributed by atoms with E-state index in [1.165, 1.54) is 36.9 Å². The lowest BCUT2D eigenvalue weighted by molar-refractivity contribution is 0.323. The molecule has 1 aromatic rings. The third-order valence-electron chi connectivity index (χ3n) is 3.36. The van der Waals surface area contributed by atoms with Gasteiger partial charge in [-0.25, -0.2) is 0 Å². The summed E-state index contributed by atoms with van der Waals surface area (Å²) in [7, 11) is 0. The van der Waals surface area contributed by atoms with E-state index in [1.54, 1.807) is 0 Å². The summed E-state index contributed by atoms with van der Waals surface area (Å²) in [6.45, 7) is 2.08. The van der Waals surface area contributed by atoms with E-state index in [9.17, 15) is 0 Å². The molecular formula is C13H20N2. The molecule has 0 radical (unpaired) electrons. The minimum Gasteiger partial charge on any atom is -0.328 e. The van der Waals surface area contributed by atoms with Crippen molar-refractivity contribution in [1.29, 1.82) is 0 Å². The molecule has 1 fully saturated rings. The molecule has 1 aliphatic carbocycles. The number of hydrogen-bond acceptors (Lipinski definition) is 2. The minimum absolute atomic E-state index is 0.451. The molecule has 2 nitrogen and oxygen atoms in total. The minimum atomic E-state index is 0.451. The van der Waals surface area contributed by atoms with E-state index in [0.29, 0.717) is 6.04 Å². The van der Waals surface area contributed by atoms with E-state index >= 15 is 0 Å². The molecule has 2 N–H and O–H groups in total. The van der Waals surface area contributed by atoms with Crippen molar-refractivity contribution >= 4 is 0 Å². The zero-order valence-electron chi connectivity index (χ0n) is 9.45. The molecule has 2 heteroatoms. The summed E-state index contributed by atoms with van der Waals surface area (Å²) < 4.78 is 0. The van der Waals surface area contributed by atoms with Crippen molar-refractivity contribution in [2.75, 3.05) is 0 Å². The molecule has 0 unspecified atom stereocenters. The zero-order valence-corrected chi connectivity index (χ0v) is 9.45. The van der Waals surface area contributed by atoms with Crippen LogP contribution in [0.4, 0.5) is 0 Å². The lowest BCUT2D eigenvalue weighted by atomic mass is 9.84. The van der Waals surface area contributed by atoms with Gasteiger partial charge in [-0.2, -0.15) is 0 Å². The van der Waals surface area contributed by atoms with Crippen molar-refractivity contribution in [3.63, 3.8) is 0 Å². The molecule has 1 saturated carbocycles. The topological polar surface area (TPSA) is 38.9 Å². The van der Waals surface area contributed by atoms with Crippen LogP contribution in [-0.2, 0) is 6.42 Å². The zero-order chi connectivity index (χ0) is 10.7. The molecule has 1 heterocycles. The normalized spacial score (nSPS) is 26.5. The molecule has 1 aromatic heterocycles. The fraction of sp³-hybridized carbons (Fsp3) is 0.615. The summed E-state index contributed by atoms with van der Waals surface area (Å²) in [6, 6.07) is 4.76. The highest BCUT2D eigenvalue weighted by atomic mass is 14.7. The van der Waals surface area contributed by atoms with Crippen LogP contribution in [0.2, 0.25) is 0 Å². The molecule has 82 valence electrons. The number of rotatable bonds is 2. The third kappa shape index (κ3) is 3.03. The highest BCUT2D eigenvalue weighted by molar-refractivity contribution is 5.12. The van der Waals surface area contributed by atoms with Crippen LogP contribution in [0.15, 0.2) is 18.3 Å². The molecule has 0 amide bonds. The van der Waals surface area contributed by atoms with Crippen LogP contribution in [0.1, 0.15) is 36.9 Å². The quantitative estimate of drug-likeness (QED) is 0.803. The van der Waals surface area contributed by atoms with Crippen molar-refractivity contribution < 1.29 is 0 Å². The number of aryl methyl sites for hydroxylation is 1. The Morgan fingerprint density at radius 1 is 1.27 bits per heavy atom. The first-order valence-corrected chi connectivity index (χ1v) is 5.91. The average Bonchev–Trinajstić information content (AvgIpc) is 2.25. The smallest absolute Gasteiger partial charge is 0.0406 e. The van der Waals surface area contributed by atoms with Crippen LogP contribution < -0.4 is 5.73 Å². The number of nitrogens with zero attached hydrogens (tertiary/aromatic N) is 1. The van der Waals surface area contributed by atoms with Gasteiger partial charge in [0.25, 0.3) is 0 Å².